The van der Waals surface area contributed by atoms with Gasteiger partial charge in [0.05, 0.1) is 17.7 Å². The van der Waals surface area contributed by atoms with E-state index < -0.39 is 18.0 Å². The van der Waals surface area contributed by atoms with E-state index in [9.17, 15) is 9.59 Å². The Morgan fingerprint density at radius 1 is 1.32 bits per heavy atom. The van der Waals surface area contributed by atoms with Crippen LogP contribution in [0, 0.1) is 11.3 Å². The predicted octanol–water partition coefficient (Wildman–Crippen LogP) is 0.492. The lowest BCUT2D eigenvalue weighted by atomic mass is 10.1. The van der Waals surface area contributed by atoms with Gasteiger partial charge in [-0.2, -0.15) is 5.26 Å². The number of hydrogen-bond donors (Lipinski definition) is 3. The topological polar surface area (TPSA) is 94.0 Å². The van der Waals surface area contributed by atoms with Gasteiger partial charge >= 0.3 is 6.03 Å². The third-order valence-corrected chi connectivity index (χ3v) is 2.55. The van der Waals surface area contributed by atoms with E-state index in [0.29, 0.717) is 12.1 Å². The number of carbonyl (C=O) groups is 2. The van der Waals surface area contributed by atoms with Gasteiger partial charge in [-0.15, -0.1) is 0 Å². The molecule has 1 aromatic carbocycles. The van der Waals surface area contributed by atoms with E-state index in [1.54, 1.807) is 19.1 Å². The van der Waals surface area contributed by atoms with Crippen LogP contribution in [-0.2, 0) is 11.3 Å². The number of hydrogen-bond acceptors (Lipinski definition) is 4. The lowest BCUT2D eigenvalue weighted by molar-refractivity contribution is -0.121. The van der Waals surface area contributed by atoms with Gasteiger partial charge in [-0.25, -0.2) is 4.79 Å². The third kappa shape index (κ3) is 4.77. The van der Waals surface area contributed by atoms with Crippen molar-refractivity contribution in [3.05, 3.63) is 35.4 Å². The van der Waals surface area contributed by atoms with E-state index in [1.807, 2.05) is 18.2 Å². The van der Waals surface area contributed by atoms with E-state index in [0.717, 1.165) is 5.56 Å². The summed E-state index contributed by atoms with van der Waals surface area (Å²) >= 11 is 0. The fraction of sp³-hybridized carbons (Fsp3) is 0.308. The molecule has 3 amide bonds. The maximum atomic E-state index is 11.6. The molecule has 3 N–H and O–H groups in total. The molecule has 1 rings (SSSR count). The van der Waals surface area contributed by atoms with Gasteiger partial charge in [-0.05, 0) is 24.6 Å². The zero-order valence-corrected chi connectivity index (χ0v) is 10.9. The first-order valence-electron chi connectivity index (χ1n) is 5.82. The van der Waals surface area contributed by atoms with E-state index in [2.05, 4.69) is 16.0 Å². The highest BCUT2D eigenvalue weighted by Crippen LogP contribution is 2.03. The largest absolute Gasteiger partial charge is 0.341 e. The van der Waals surface area contributed by atoms with E-state index in [-0.39, 0.29) is 0 Å². The van der Waals surface area contributed by atoms with E-state index >= 15 is 0 Å². The lowest BCUT2D eigenvalue weighted by Gasteiger charge is -2.13. The zero-order chi connectivity index (χ0) is 14.3. The van der Waals surface area contributed by atoms with Crippen LogP contribution in [0.5, 0.6) is 0 Å². The van der Waals surface area contributed by atoms with Crippen LogP contribution in [0.3, 0.4) is 0 Å². The van der Waals surface area contributed by atoms with Gasteiger partial charge in [-0.3, -0.25) is 10.1 Å². The SMILES string of the molecule is CNC(=O)NC(=O)C(C)NCc1ccc(C#N)cc1. The Labute approximate surface area is 111 Å². The number of urea groups is 1. The maximum absolute atomic E-state index is 11.6. The summed E-state index contributed by atoms with van der Waals surface area (Å²) in [5, 5.41) is 16.2. The number of imide groups is 1. The Bertz CT molecular complexity index is 490. The van der Waals surface area contributed by atoms with Crippen molar-refractivity contribution < 1.29 is 9.59 Å². The molecule has 1 atom stereocenters. The predicted molar refractivity (Wildman–Crippen MR) is 70.1 cm³/mol. The molecule has 6 nitrogen and oxygen atoms in total. The van der Waals surface area contributed by atoms with Crippen molar-refractivity contribution >= 4 is 11.9 Å². The van der Waals surface area contributed by atoms with Crippen LogP contribution in [0.15, 0.2) is 24.3 Å². The number of nitrogens with one attached hydrogen (secondary N) is 3. The highest BCUT2D eigenvalue weighted by molar-refractivity contribution is 5.96. The van der Waals surface area contributed by atoms with Gasteiger partial charge < -0.3 is 10.6 Å². The normalized spacial score (nSPS) is 11.2. The molecule has 1 unspecified atom stereocenters. The summed E-state index contributed by atoms with van der Waals surface area (Å²) in [4.78, 5) is 22.5. The van der Waals surface area contributed by atoms with Gasteiger partial charge in [-0.1, -0.05) is 12.1 Å². The van der Waals surface area contributed by atoms with Crippen LogP contribution in [0.2, 0.25) is 0 Å². The highest BCUT2D eigenvalue weighted by atomic mass is 16.2. The average molecular weight is 260 g/mol. The molecule has 0 aliphatic carbocycles. The van der Waals surface area contributed by atoms with Crippen molar-refractivity contribution in [2.45, 2.75) is 19.5 Å². The van der Waals surface area contributed by atoms with Crippen molar-refractivity contribution in [3.63, 3.8) is 0 Å². The molecule has 0 radical (unpaired) electrons. The minimum absolute atomic E-state index is 0.395. The summed E-state index contributed by atoms with van der Waals surface area (Å²) in [6, 6.07) is 8.07. The number of nitriles is 1. The Morgan fingerprint density at radius 3 is 2.47 bits per heavy atom. The number of rotatable bonds is 4. The molecule has 0 saturated heterocycles. The Morgan fingerprint density at radius 2 is 1.95 bits per heavy atom. The number of nitrogens with zero attached hydrogens (tertiary/aromatic N) is 1. The van der Waals surface area contributed by atoms with Gasteiger partial charge in [0.25, 0.3) is 0 Å². The molecule has 19 heavy (non-hydrogen) atoms. The summed E-state index contributed by atoms with van der Waals surface area (Å²) in [5.74, 6) is -0.395. The van der Waals surface area contributed by atoms with Crippen LogP contribution in [-0.4, -0.2) is 25.0 Å². The molecular formula is C13H16N4O2. The van der Waals surface area contributed by atoms with Crippen molar-refractivity contribution in [3.8, 4) is 6.07 Å². The molecule has 0 aliphatic heterocycles. The summed E-state index contributed by atoms with van der Waals surface area (Å²) in [6.45, 7) is 2.15. The molecule has 0 aliphatic rings. The molecule has 0 bridgehead atoms. The van der Waals surface area contributed by atoms with Crippen LogP contribution in [0.25, 0.3) is 0 Å². The minimum atomic E-state index is -0.531. The second-order valence-electron chi connectivity index (χ2n) is 3.98. The zero-order valence-electron chi connectivity index (χ0n) is 10.9. The minimum Gasteiger partial charge on any atom is -0.341 e. The molecule has 0 spiro atoms. The Kier molecular flexibility index (Phi) is 5.51. The maximum Gasteiger partial charge on any atom is 0.321 e. The fourth-order valence-corrected chi connectivity index (χ4v) is 1.34. The monoisotopic (exact) mass is 260 g/mol. The molecular weight excluding hydrogens is 244 g/mol. The number of benzene rings is 1. The molecule has 0 saturated carbocycles. The molecule has 6 heteroatoms. The van der Waals surface area contributed by atoms with Gasteiger partial charge in [0.2, 0.25) is 5.91 Å². The van der Waals surface area contributed by atoms with Crippen LogP contribution >= 0.6 is 0 Å². The average Bonchev–Trinajstić information content (AvgIpc) is 2.44. The first-order chi connectivity index (χ1) is 9.06. The molecule has 0 fully saturated rings. The first-order valence-corrected chi connectivity index (χ1v) is 5.82. The molecule has 0 heterocycles. The summed E-state index contributed by atoms with van der Waals surface area (Å²) in [7, 11) is 1.44. The Balaban J connectivity index is 2.45. The quantitative estimate of drug-likeness (QED) is 0.734. The van der Waals surface area contributed by atoms with Gasteiger partial charge in [0.1, 0.15) is 0 Å². The molecule has 1 aromatic rings. The summed E-state index contributed by atoms with van der Waals surface area (Å²) in [6.07, 6.45) is 0. The lowest BCUT2D eigenvalue weighted by Crippen LogP contribution is -2.47. The molecule has 0 aromatic heterocycles. The highest BCUT2D eigenvalue weighted by Gasteiger charge is 2.14. The van der Waals surface area contributed by atoms with Crippen molar-refractivity contribution in [2.75, 3.05) is 7.05 Å². The van der Waals surface area contributed by atoms with Crippen molar-refractivity contribution in [2.24, 2.45) is 0 Å². The Hall–Kier alpha value is -2.39. The van der Waals surface area contributed by atoms with Crippen LogP contribution < -0.4 is 16.0 Å². The van der Waals surface area contributed by atoms with E-state index in [4.69, 9.17) is 5.26 Å². The molecule has 100 valence electrons. The number of carbonyl (C=O) groups excluding carboxylic acids is 2. The summed E-state index contributed by atoms with van der Waals surface area (Å²) in [5.41, 5.74) is 1.55. The van der Waals surface area contributed by atoms with Crippen molar-refractivity contribution in [1.82, 2.24) is 16.0 Å². The second kappa shape index (κ2) is 7.13. The van der Waals surface area contributed by atoms with E-state index in [1.165, 1.54) is 7.05 Å². The van der Waals surface area contributed by atoms with Crippen molar-refractivity contribution in [1.29, 1.82) is 5.26 Å². The fourth-order valence-electron chi connectivity index (χ4n) is 1.34. The summed E-state index contributed by atoms with van der Waals surface area (Å²) < 4.78 is 0. The van der Waals surface area contributed by atoms with Crippen LogP contribution in [0.4, 0.5) is 4.79 Å². The second-order valence-corrected chi connectivity index (χ2v) is 3.98. The smallest absolute Gasteiger partial charge is 0.321 e. The first kappa shape index (κ1) is 14.7. The third-order valence-electron chi connectivity index (χ3n) is 2.55. The standard InChI is InChI=1S/C13H16N4O2/c1-9(12(18)17-13(19)15-2)16-8-11-5-3-10(7-14)4-6-11/h3-6,9,16H,8H2,1-2H3,(H2,15,17,18,19). The van der Waals surface area contributed by atoms with Gasteiger partial charge in [0, 0.05) is 13.6 Å². The number of amides is 3. The van der Waals surface area contributed by atoms with Gasteiger partial charge in [0.15, 0.2) is 0 Å². The van der Waals surface area contributed by atoms with Crippen LogP contribution in [0.1, 0.15) is 18.1 Å².